The van der Waals surface area contributed by atoms with Crippen molar-refractivity contribution >= 4 is 29.5 Å². The van der Waals surface area contributed by atoms with Gasteiger partial charge in [0.1, 0.15) is 4.92 Å². The average Bonchev–Trinajstić information content (AvgIpc) is 3.11. The smallest absolute Gasteiger partial charge is 0.433 e. The quantitative estimate of drug-likeness (QED) is 0.315. The fourth-order valence-corrected chi connectivity index (χ4v) is 2.63. The Morgan fingerprint density at radius 2 is 1.96 bits per heavy atom. The van der Waals surface area contributed by atoms with E-state index in [9.17, 15) is 19.7 Å². The maximum atomic E-state index is 11.6. The molecule has 0 aliphatic heterocycles. The van der Waals surface area contributed by atoms with Gasteiger partial charge in [-0.25, -0.2) is 4.79 Å². The van der Waals surface area contributed by atoms with Crippen LogP contribution < -0.4 is 5.32 Å². The lowest BCUT2D eigenvalue weighted by Crippen LogP contribution is -2.30. The van der Waals surface area contributed by atoms with Gasteiger partial charge >= 0.3 is 11.9 Å². The first-order chi connectivity index (χ1) is 12.1. The van der Waals surface area contributed by atoms with Gasteiger partial charge in [-0.15, -0.1) is 0 Å². The summed E-state index contributed by atoms with van der Waals surface area (Å²) in [4.78, 5) is 32.9. The normalized spacial score (nSPS) is 10.2. The second kappa shape index (κ2) is 9.48. The van der Waals surface area contributed by atoms with Crippen LogP contribution >= 0.6 is 11.8 Å². The highest BCUT2D eigenvalue weighted by Crippen LogP contribution is 2.16. The number of hydrogen-bond acceptors (Lipinski definition) is 7. The van der Waals surface area contributed by atoms with Crippen LogP contribution in [-0.4, -0.2) is 35.7 Å². The molecule has 1 aromatic heterocycles. The Kier molecular flexibility index (Phi) is 7.02. The first-order valence-corrected chi connectivity index (χ1v) is 8.51. The van der Waals surface area contributed by atoms with Gasteiger partial charge in [0.2, 0.25) is 5.76 Å². The molecule has 2 aromatic rings. The lowest BCUT2D eigenvalue weighted by atomic mass is 10.2. The van der Waals surface area contributed by atoms with Crippen molar-refractivity contribution in [1.29, 1.82) is 0 Å². The molecule has 25 heavy (non-hydrogen) atoms. The van der Waals surface area contributed by atoms with Gasteiger partial charge in [0.05, 0.1) is 6.07 Å². The highest BCUT2D eigenvalue weighted by molar-refractivity contribution is 7.98. The molecule has 0 radical (unpaired) electrons. The minimum Gasteiger partial charge on any atom is -0.450 e. The van der Waals surface area contributed by atoms with E-state index in [0.29, 0.717) is 6.54 Å². The molecule has 0 fully saturated rings. The number of hydrogen-bond donors (Lipinski definition) is 1. The second-order valence-electron chi connectivity index (χ2n) is 4.86. The Morgan fingerprint density at radius 3 is 2.64 bits per heavy atom. The van der Waals surface area contributed by atoms with E-state index in [0.717, 1.165) is 23.6 Å². The summed E-state index contributed by atoms with van der Waals surface area (Å²) in [5.41, 5.74) is 1.21. The molecule has 1 heterocycles. The molecule has 132 valence electrons. The summed E-state index contributed by atoms with van der Waals surface area (Å²) in [6.45, 7) is -0.0310. The van der Waals surface area contributed by atoms with Crippen LogP contribution in [0.4, 0.5) is 5.88 Å². The van der Waals surface area contributed by atoms with E-state index in [1.54, 1.807) is 11.8 Å². The molecule has 0 unspecified atom stereocenters. The number of amides is 1. The lowest BCUT2D eigenvalue weighted by Gasteiger charge is -2.06. The zero-order chi connectivity index (χ0) is 18.1. The SMILES string of the molecule is O=C(COC(=O)c1ccc([N+](=O)[O-])o1)NCCSCc1ccccc1. The van der Waals surface area contributed by atoms with Crippen molar-refractivity contribution in [2.75, 3.05) is 18.9 Å². The van der Waals surface area contributed by atoms with Gasteiger partial charge in [0, 0.05) is 18.1 Å². The van der Waals surface area contributed by atoms with Crippen LogP contribution in [0.3, 0.4) is 0 Å². The molecule has 1 aromatic carbocycles. The van der Waals surface area contributed by atoms with E-state index in [1.807, 2.05) is 30.3 Å². The van der Waals surface area contributed by atoms with Crippen molar-refractivity contribution in [1.82, 2.24) is 5.32 Å². The number of nitrogens with zero attached hydrogens (tertiary/aromatic N) is 1. The number of rotatable bonds is 9. The van der Waals surface area contributed by atoms with Crippen LogP contribution in [0.25, 0.3) is 0 Å². The largest absolute Gasteiger partial charge is 0.450 e. The minimum absolute atomic E-state index is 0.321. The summed E-state index contributed by atoms with van der Waals surface area (Å²) in [6.07, 6.45) is 0. The van der Waals surface area contributed by atoms with Crippen LogP contribution in [0.5, 0.6) is 0 Å². The fourth-order valence-electron chi connectivity index (χ4n) is 1.82. The van der Waals surface area contributed by atoms with E-state index < -0.39 is 29.3 Å². The monoisotopic (exact) mass is 364 g/mol. The molecule has 0 aliphatic rings. The van der Waals surface area contributed by atoms with Crippen LogP contribution in [0, 0.1) is 10.1 Å². The molecule has 0 atom stereocenters. The maximum Gasteiger partial charge on any atom is 0.433 e. The molecular weight excluding hydrogens is 348 g/mol. The third kappa shape index (κ3) is 6.30. The topological polar surface area (TPSA) is 112 Å². The number of benzene rings is 1. The molecule has 0 spiro atoms. The average molecular weight is 364 g/mol. The Labute approximate surface area is 147 Å². The molecule has 0 bridgehead atoms. The summed E-state index contributed by atoms with van der Waals surface area (Å²) in [6, 6.07) is 12.1. The first kappa shape index (κ1) is 18.5. The molecule has 0 saturated carbocycles. The van der Waals surface area contributed by atoms with Crippen molar-refractivity contribution in [2.45, 2.75) is 5.75 Å². The maximum absolute atomic E-state index is 11.6. The fraction of sp³-hybridized carbons (Fsp3) is 0.250. The number of nitro groups is 1. The van der Waals surface area contributed by atoms with E-state index >= 15 is 0 Å². The molecule has 8 nitrogen and oxygen atoms in total. The molecule has 9 heteroatoms. The predicted octanol–water partition coefficient (Wildman–Crippen LogP) is 2.39. The van der Waals surface area contributed by atoms with Gasteiger partial charge < -0.3 is 14.5 Å². The highest BCUT2D eigenvalue weighted by Gasteiger charge is 2.19. The van der Waals surface area contributed by atoms with E-state index in [-0.39, 0.29) is 5.76 Å². The Balaban J connectivity index is 1.60. The number of thioether (sulfide) groups is 1. The van der Waals surface area contributed by atoms with Crippen molar-refractivity contribution in [3.63, 3.8) is 0 Å². The molecule has 1 N–H and O–H groups in total. The Morgan fingerprint density at radius 1 is 1.20 bits per heavy atom. The number of ether oxygens (including phenoxy) is 1. The zero-order valence-corrected chi connectivity index (χ0v) is 14.0. The number of esters is 1. The Hall–Kier alpha value is -2.81. The highest BCUT2D eigenvalue weighted by atomic mass is 32.2. The summed E-state index contributed by atoms with van der Waals surface area (Å²) in [5, 5.41) is 13.1. The number of furan rings is 1. The van der Waals surface area contributed by atoms with Gasteiger partial charge in [-0.1, -0.05) is 30.3 Å². The van der Waals surface area contributed by atoms with E-state index in [1.165, 1.54) is 5.56 Å². The van der Waals surface area contributed by atoms with E-state index in [4.69, 9.17) is 4.74 Å². The predicted molar refractivity (Wildman–Crippen MR) is 91.3 cm³/mol. The van der Waals surface area contributed by atoms with Crippen LogP contribution in [0.15, 0.2) is 46.9 Å². The number of carbonyl (C=O) groups is 2. The molecule has 0 aliphatic carbocycles. The van der Waals surface area contributed by atoms with Gasteiger partial charge in [-0.2, -0.15) is 11.8 Å². The summed E-state index contributed by atoms with van der Waals surface area (Å²) in [7, 11) is 0. The summed E-state index contributed by atoms with van der Waals surface area (Å²) < 4.78 is 9.42. The standard InChI is InChI=1S/C16H16N2O6S/c19-14(17-8-9-25-11-12-4-2-1-3-5-12)10-23-16(20)13-6-7-15(24-13)18(21)22/h1-7H,8-11H2,(H,17,19). The lowest BCUT2D eigenvalue weighted by molar-refractivity contribution is -0.402. The van der Waals surface area contributed by atoms with Gasteiger partial charge in [0.25, 0.3) is 5.91 Å². The molecular formula is C16H16N2O6S. The molecule has 2 rings (SSSR count). The third-order valence-corrected chi connectivity index (χ3v) is 4.02. The zero-order valence-electron chi connectivity index (χ0n) is 13.2. The van der Waals surface area contributed by atoms with Crippen LogP contribution in [0.1, 0.15) is 16.1 Å². The van der Waals surface area contributed by atoms with E-state index in [2.05, 4.69) is 9.73 Å². The first-order valence-electron chi connectivity index (χ1n) is 7.36. The van der Waals surface area contributed by atoms with Gasteiger partial charge in [-0.3, -0.25) is 14.9 Å². The third-order valence-electron chi connectivity index (χ3n) is 2.99. The van der Waals surface area contributed by atoms with Crippen molar-refractivity contribution in [3.8, 4) is 0 Å². The summed E-state index contributed by atoms with van der Waals surface area (Å²) >= 11 is 1.67. The second-order valence-corrected chi connectivity index (χ2v) is 5.96. The minimum atomic E-state index is -0.929. The van der Waals surface area contributed by atoms with Gasteiger partial charge in [-0.05, 0) is 11.6 Å². The molecule has 1 amide bonds. The van der Waals surface area contributed by atoms with Crippen LogP contribution in [-0.2, 0) is 15.3 Å². The van der Waals surface area contributed by atoms with Gasteiger partial charge in [0.15, 0.2) is 6.61 Å². The van der Waals surface area contributed by atoms with Crippen molar-refractivity contribution < 1.29 is 23.7 Å². The van der Waals surface area contributed by atoms with Crippen molar-refractivity contribution in [2.24, 2.45) is 0 Å². The number of nitrogens with one attached hydrogen (secondary N) is 1. The van der Waals surface area contributed by atoms with Crippen molar-refractivity contribution in [3.05, 3.63) is 63.9 Å². The summed E-state index contributed by atoms with van der Waals surface area (Å²) in [5.74, 6) is -0.691. The molecule has 0 saturated heterocycles. The Bertz CT molecular complexity index is 731. The van der Waals surface area contributed by atoms with Crippen LogP contribution in [0.2, 0.25) is 0 Å². The number of carbonyl (C=O) groups excluding carboxylic acids is 2.